The Morgan fingerprint density at radius 3 is 2.85 bits per heavy atom. The number of benzene rings is 1. The Balaban J connectivity index is 2.71. The van der Waals surface area contributed by atoms with Crippen LogP contribution in [0.4, 0.5) is 0 Å². The highest BCUT2D eigenvalue weighted by Gasteiger charge is 1.99. The first-order chi connectivity index (χ1) is 6.38. The molecule has 0 aliphatic heterocycles. The van der Waals surface area contributed by atoms with E-state index in [9.17, 15) is 0 Å². The summed E-state index contributed by atoms with van der Waals surface area (Å²) in [7, 11) is 0. The molecular weight excluding hydrogens is 164 g/mol. The number of rotatable bonds is 5. The van der Waals surface area contributed by atoms with Gasteiger partial charge in [0.2, 0.25) is 0 Å². The van der Waals surface area contributed by atoms with Crippen molar-refractivity contribution >= 4 is 0 Å². The summed E-state index contributed by atoms with van der Waals surface area (Å²) in [6, 6.07) is 7.77. The fourth-order valence-electron chi connectivity index (χ4n) is 1.12. The molecule has 0 heterocycles. The third-order valence-electron chi connectivity index (χ3n) is 1.69. The predicted molar refractivity (Wildman–Crippen MR) is 52.9 cm³/mol. The zero-order valence-electron chi connectivity index (χ0n) is 7.57. The fourth-order valence-corrected chi connectivity index (χ4v) is 1.12. The Bertz CT molecular complexity index is 269. The first-order valence-electron chi connectivity index (χ1n) is 4.31. The highest BCUT2D eigenvalue weighted by atomic mass is 16.5. The summed E-state index contributed by atoms with van der Waals surface area (Å²) >= 11 is 0. The fraction of sp³-hybridized carbons (Fsp3) is 0.273. The van der Waals surface area contributed by atoms with Crippen molar-refractivity contribution in [3.63, 3.8) is 0 Å². The monoisotopic (exact) mass is 178 g/mol. The van der Waals surface area contributed by atoms with Crippen LogP contribution in [0.3, 0.4) is 0 Å². The molecule has 0 fully saturated rings. The quantitative estimate of drug-likeness (QED) is 0.696. The van der Waals surface area contributed by atoms with Gasteiger partial charge in [0.25, 0.3) is 0 Å². The van der Waals surface area contributed by atoms with Gasteiger partial charge in [-0.1, -0.05) is 24.3 Å². The molecule has 0 aromatic heterocycles. The predicted octanol–water partition coefficient (Wildman–Crippen LogP) is 1.79. The zero-order valence-corrected chi connectivity index (χ0v) is 7.57. The lowest BCUT2D eigenvalue weighted by molar-refractivity contribution is 0.200. The number of hydrogen-bond acceptors (Lipinski definition) is 2. The van der Waals surface area contributed by atoms with Gasteiger partial charge in [0.15, 0.2) is 0 Å². The van der Waals surface area contributed by atoms with Gasteiger partial charge in [-0.3, -0.25) is 0 Å². The second-order valence-electron chi connectivity index (χ2n) is 2.67. The van der Waals surface area contributed by atoms with Crippen molar-refractivity contribution in [1.29, 1.82) is 0 Å². The van der Waals surface area contributed by atoms with Crippen LogP contribution in [0.25, 0.3) is 0 Å². The summed E-state index contributed by atoms with van der Waals surface area (Å²) in [5.74, 6) is 0.830. The average Bonchev–Trinajstić information content (AvgIpc) is 2.17. The van der Waals surface area contributed by atoms with Crippen LogP contribution < -0.4 is 4.74 Å². The maximum absolute atomic E-state index is 8.60. The van der Waals surface area contributed by atoms with Gasteiger partial charge in [-0.25, -0.2) is 0 Å². The van der Waals surface area contributed by atoms with Gasteiger partial charge in [0, 0.05) is 0 Å². The van der Waals surface area contributed by atoms with Crippen LogP contribution in [0.1, 0.15) is 5.56 Å². The van der Waals surface area contributed by atoms with Gasteiger partial charge < -0.3 is 9.84 Å². The van der Waals surface area contributed by atoms with Crippen LogP contribution in [0.5, 0.6) is 5.75 Å². The summed E-state index contributed by atoms with van der Waals surface area (Å²) in [5, 5.41) is 8.60. The normalized spacial score (nSPS) is 9.62. The first-order valence-corrected chi connectivity index (χ1v) is 4.31. The average molecular weight is 178 g/mol. The number of aliphatic hydroxyl groups excluding tert-OH is 1. The molecule has 0 atom stereocenters. The van der Waals surface area contributed by atoms with Crippen LogP contribution in [-0.4, -0.2) is 18.3 Å². The van der Waals surface area contributed by atoms with Crippen molar-refractivity contribution < 1.29 is 9.84 Å². The van der Waals surface area contributed by atoms with Crippen molar-refractivity contribution in [3.05, 3.63) is 42.5 Å². The summed E-state index contributed by atoms with van der Waals surface area (Å²) in [5.41, 5.74) is 1.10. The summed E-state index contributed by atoms with van der Waals surface area (Å²) in [4.78, 5) is 0. The molecule has 0 spiro atoms. The molecule has 1 aromatic carbocycles. The lowest BCUT2D eigenvalue weighted by Crippen LogP contribution is -2.03. The van der Waals surface area contributed by atoms with Gasteiger partial charge >= 0.3 is 0 Å². The molecular formula is C11H14O2. The van der Waals surface area contributed by atoms with Crippen molar-refractivity contribution in [2.75, 3.05) is 13.2 Å². The SMILES string of the molecule is C=CCc1ccccc1OCCO. The van der Waals surface area contributed by atoms with Gasteiger partial charge in [0.1, 0.15) is 12.4 Å². The van der Waals surface area contributed by atoms with Crippen molar-refractivity contribution in [3.8, 4) is 5.75 Å². The van der Waals surface area contributed by atoms with Crippen molar-refractivity contribution in [2.24, 2.45) is 0 Å². The maximum atomic E-state index is 8.60. The Morgan fingerprint density at radius 1 is 1.38 bits per heavy atom. The third kappa shape index (κ3) is 2.92. The minimum atomic E-state index is 0.0441. The molecule has 0 aliphatic carbocycles. The van der Waals surface area contributed by atoms with E-state index in [1.54, 1.807) is 0 Å². The molecule has 0 unspecified atom stereocenters. The summed E-state index contributed by atoms with van der Waals surface area (Å²) < 4.78 is 5.34. The Kier molecular flexibility index (Phi) is 4.06. The Labute approximate surface area is 78.5 Å². The van der Waals surface area contributed by atoms with E-state index in [2.05, 4.69) is 6.58 Å². The third-order valence-corrected chi connectivity index (χ3v) is 1.69. The van der Waals surface area contributed by atoms with E-state index < -0.39 is 0 Å². The lowest BCUT2D eigenvalue weighted by Gasteiger charge is -2.08. The molecule has 0 saturated heterocycles. The topological polar surface area (TPSA) is 29.5 Å². The van der Waals surface area contributed by atoms with Crippen molar-refractivity contribution in [2.45, 2.75) is 6.42 Å². The van der Waals surface area contributed by atoms with E-state index in [0.717, 1.165) is 17.7 Å². The first kappa shape index (κ1) is 9.81. The molecule has 2 nitrogen and oxygen atoms in total. The standard InChI is InChI=1S/C11H14O2/c1-2-5-10-6-3-4-7-11(10)13-9-8-12/h2-4,6-7,12H,1,5,8-9H2. The van der Waals surface area contributed by atoms with Crippen LogP contribution in [0, 0.1) is 0 Å². The van der Waals surface area contributed by atoms with Crippen LogP contribution in [0.15, 0.2) is 36.9 Å². The van der Waals surface area contributed by atoms with E-state index in [1.165, 1.54) is 0 Å². The molecule has 70 valence electrons. The van der Waals surface area contributed by atoms with Gasteiger partial charge in [0.05, 0.1) is 6.61 Å². The lowest BCUT2D eigenvalue weighted by atomic mass is 10.1. The van der Waals surface area contributed by atoms with E-state index >= 15 is 0 Å². The molecule has 0 radical (unpaired) electrons. The smallest absolute Gasteiger partial charge is 0.122 e. The van der Waals surface area contributed by atoms with Gasteiger partial charge in [-0.15, -0.1) is 6.58 Å². The minimum absolute atomic E-state index is 0.0441. The van der Waals surface area contributed by atoms with Crippen molar-refractivity contribution in [1.82, 2.24) is 0 Å². The molecule has 1 N–H and O–H groups in total. The van der Waals surface area contributed by atoms with E-state index in [0.29, 0.717) is 6.61 Å². The number of para-hydroxylation sites is 1. The molecule has 0 aliphatic rings. The molecule has 2 heteroatoms. The van der Waals surface area contributed by atoms with Gasteiger partial charge in [-0.05, 0) is 18.1 Å². The highest BCUT2D eigenvalue weighted by Crippen LogP contribution is 2.18. The highest BCUT2D eigenvalue weighted by molar-refractivity contribution is 5.34. The number of aliphatic hydroxyl groups is 1. The van der Waals surface area contributed by atoms with Gasteiger partial charge in [-0.2, -0.15) is 0 Å². The Hall–Kier alpha value is -1.28. The molecule has 1 rings (SSSR count). The summed E-state index contributed by atoms with van der Waals surface area (Å²) in [6.45, 7) is 4.06. The maximum Gasteiger partial charge on any atom is 0.122 e. The second-order valence-corrected chi connectivity index (χ2v) is 2.67. The number of ether oxygens (including phenoxy) is 1. The van der Waals surface area contributed by atoms with E-state index in [-0.39, 0.29) is 6.61 Å². The Morgan fingerprint density at radius 2 is 2.15 bits per heavy atom. The number of hydrogen-bond donors (Lipinski definition) is 1. The molecule has 0 amide bonds. The molecule has 1 aromatic rings. The summed E-state index contributed by atoms with van der Waals surface area (Å²) in [6.07, 6.45) is 2.63. The van der Waals surface area contributed by atoms with Crippen LogP contribution in [-0.2, 0) is 6.42 Å². The van der Waals surface area contributed by atoms with E-state index in [4.69, 9.17) is 9.84 Å². The second kappa shape index (κ2) is 5.38. The van der Waals surface area contributed by atoms with Crippen LogP contribution >= 0.6 is 0 Å². The minimum Gasteiger partial charge on any atom is -0.491 e. The molecule has 0 saturated carbocycles. The largest absolute Gasteiger partial charge is 0.491 e. The number of allylic oxidation sites excluding steroid dienone is 1. The molecule has 13 heavy (non-hydrogen) atoms. The van der Waals surface area contributed by atoms with Crippen LogP contribution in [0.2, 0.25) is 0 Å². The van der Waals surface area contributed by atoms with E-state index in [1.807, 2.05) is 30.3 Å². The molecule has 0 bridgehead atoms. The zero-order chi connectivity index (χ0) is 9.52.